The van der Waals surface area contributed by atoms with Crippen molar-refractivity contribution in [2.75, 3.05) is 5.32 Å². The summed E-state index contributed by atoms with van der Waals surface area (Å²) in [5, 5.41) is 2.95. The Bertz CT molecular complexity index is 1270. The van der Waals surface area contributed by atoms with Crippen LogP contribution in [0, 0.1) is 6.92 Å². The summed E-state index contributed by atoms with van der Waals surface area (Å²) in [6, 6.07) is 11.4. The summed E-state index contributed by atoms with van der Waals surface area (Å²) in [7, 11) is 0. The average molecular weight is 460 g/mol. The molecule has 1 saturated carbocycles. The summed E-state index contributed by atoms with van der Waals surface area (Å²) in [6.45, 7) is 1.85. The molecule has 1 N–H and O–H groups in total. The maximum atomic E-state index is 13.1. The Hall–Kier alpha value is -3.39. The number of rotatable bonds is 6. The molecule has 5 rings (SSSR count). The molecule has 168 valence electrons. The van der Waals surface area contributed by atoms with Crippen LogP contribution in [0.5, 0.6) is 5.88 Å². The van der Waals surface area contributed by atoms with Crippen molar-refractivity contribution in [1.82, 2.24) is 19.3 Å². The zero-order valence-electron chi connectivity index (χ0n) is 18.5. The maximum absolute atomic E-state index is 13.1. The van der Waals surface area contributed by atoms with Crippen molar-refractivity contribution in [3.8, 4) is 5.88 Å². The summed E-state index contributed by atoms with van der Waals surface area (Å²) in [5.74, 6) is 0.400. The third-order valence-electron chi connectivity index (χ3n) is 5.83. The molecule has 0 atom stereocenters. The van der Waals surface area contributed by atoms with E-state index in [-0.39, 0.29) is 12.0 Å². The molecule has 3 heterocycles. The van der Waals surface area contributed by atoms with Crippen LogP contribution in [0.1, 0.15) is 58.7 Å². The second-order valence-corrected chi connectivity index (χ2v) is 9.17. The van der Waals surface area contributed by atoms with E-state index in [9.17, 15) is 4.79 Å². The summed E-state index contributed by atoms with van der Waals surface area (Å²) < 4.78 is 10.4. The van der Waals surface area contributed by atoms with Gasteiger partial charge in [-0.25, -0.2) is 9.97 Å². The largest absolute Gasteiger partial charge is 0.474 e. The first-order valence-electron chi connectivity index (χ1n) is 11.3. The number of pyridine rings is 1. The van der Waals surface area contributed by atoms with Gasteiger partial charge in [-0.1, -0.05) is 18.6 Å². The number of carbonyl (C=O) groups excluding carboxylic acids is 1. The normalized spacial score (nSPS) is 14.3. The van der Waals surface area contributed by atoms with E-state index in [4.69, 9.17) is 4.74 Å². The van der Waals surface area contributed by atoms with Gasteiger partial charge in [0.25, 0.3) is 5.91 Å². The van der Waals surface area contributed by atoms with Crippen molar-refractivity contribution in [3.63, 3.8) is 0 Å². The fourth-order valence-electron chi connectivity index (χ4n) is 4.14. The molecule has 1 aliphatic rings. The molecule has 7 nitrogen and oxygen atoms in total. The van der Waals surface area contributed by atoms with E-state index in [1.807, 2.05) is 43.3 Å². The molecule has 0 bridgehead atoms. The lowest BCUT2D eigenvalue weighted by atomic mass is 9.98. The van der Waals surface area contributed by atoms with Gasteiger partial charge in [0.1, 0.15) is 6.10 Å². The number of aryl methyl sites for hydroxylation is 1. The van der Waals surface area contributed by atoms with E-state index in [1.165, 1.54) is 30.8 Å². The molecule has 3 aromatic heterocycles. The summed E-state index contributed by atoms with van der Waals surface area (Å²) >= 11 is 1.32. The number of ether oxygens (including phenoxy) is 1. The highest BCUT2D eigenvalue weighted by Gasteiger charge is 2.20. The predicted molar refractivity (Wildman–Crippen MR) is 129 cm³/mol. The average Bonchev–Trinajstić information content (AvgIpc) is 3.21. The number of anilines is 1. The molecule has 0 saturated heterocycles. The summed E-state index contributed by atoms with van der Waals surface area (Å²) in [4.78, 5) is 27.5. The Morgan fingerprint density at radius 2 is 1.88 bits per heavy atom. The minimum Gasteiger partial charge on any atom is -0.474 e. The Balaban J connectivity index is 1.28. The minimum absolute atomic E-state index is 0.201. The van der Waals surface area contributed by atoms with E-state index in [0.29, 0.717) is 29.2 Å². The molecule has 1 amide bonds. The van der Waals surface area contributed by atoms with E-state index in [2.05, 4.69) is 24.6 Å². The molecule has 8 heteroatoms. The number of amides is 1. The molecule has 0 spiro atoms. The Labute approximate surface area is 196 Å². The van der Waals surface area contributed by atoms with Crippen molar-refractivity contribution in [2.45, 2.75) is 51.6 Å². The van der Waals surface area contributed by atoms with Gasteiger partial charge in [-0.3, -0.25) is 9.78 Å². The SMILES string of the molecule is Cc1nsc(Cc2cnc3ccccc3n2)c1C(=O)Nc1ccc(OC2CCCCC2)nc1. The maximum Gasteiger partial charge on any atom is 0.258 e. The molecule has 0 radical (unpaired) electrons. The third-order valence-corrected chi connectivity index (χ3v) is 6.77. The molecular formula is C25H25N5O2S. The van der Waals surface area contributed by atoms with Gasteiger partial charge >= 0.3 is 0 Å². The number of hydrogen-bond donors (Lipinski definition) is 1. The van der Waals surface area contributed by atoms with Crippen LogP contribution in [0.15, 0.2) is 48.8 Å². The quantitative estimate of drug-likeness (QED) is 0.418. The van der Waals surface area contributed by atoms with Gasteiger partial charge in [0.15, 0.2) is 0 Å². The van der Waals surface area contributed by atoms with Gasteiger partial charge in [0.05, 0.1) is 39.9 Å². The van der Waals surface area contributed by atoms with Crippen LogP contribution in [0.25, 0.3) is 11.0 Å². The first kappa shape index (κ1) is 21.5. The Kier molecular flexibility index (Phi) is 6.26. The predicted octanol–water partition coefficient (Wildman–Crippen LogP) is 5.34. The van der Waals surface area contributed by atoms with E-state index >= 15 is 0 Å². The van der Waals surface area contributed by atoms with Crippen molar-refractivity contribution < 1.29 is 9.53 Å². The summed E-state index contributed by atoms with van der Waals surface area (Å²) in [6.07, 6.45) is 9.99. The van der Waals surface area contributed by atoms with Crippen molar-refractivity contribution in [3.05, 3.63) is 70.6 Å². The van der Waals surface area contributed by atoms with Crippen LogP contribution in [-0.4, -0.2) is 31.3 Å². The van der Waals surface area contributed by atoms with Crippen molar-refractivity contribution in [1.29, 1.82) is 0 Å². The number of aromatic nitrogens is 4. The zero-order chi connectivity index (χ0) is 22.6. The smallest absolute Gasteiger partial charge is 0.258 e. The van der Waals surface area contributed by atoms with Crippen LogP contribution in [0.4, 0.5) is 5.69 Å². The van der Waals surface area contributed by atoms with Crippen LogP contribution in [0.2, 0.25) is 0 Å². The molecule has 0 aliphatic heterocycles. The zero-order valence-corrected chi connectivity index (χ0v) is 19.3. The molecule has 1 fully saturated rings. The number of nitrogens with one attached hydrogen (secondary N) is 1. The molecular weight excluding hydrogens is 434 g/mol. The number of carbonyl (C=O) groups is 1. The van der Waals surface area contributed by atoms with Crippen LogP contribution >= 0.6 is 11.5 Å². The second-order valence-electron chi connectivity index (χ2n) is 8.31. The number of benzene rings is 1. The van der Waals surface area contributed by atoms with E-state index in [1.54, 1.807) is 12.4 Å². The molecule has 0 unspecified atom stereocenters. The first-order valence-corrected chi connectivity index (χ1v) is 12.0. The van der Waals surface area contributed by atoms with Gasteiger partial charge in [0, 0.05) is 23.6 Å². The number of para-hydroxylation sites is 2. The fourth-order valence-corrected chi connectivity index (χ4v) is 5.03. The second kappa shape index (κ2) is 9.62. The van der Waals surface area contributed by atoms with E-state index in [0.717, 1.165) is 34.4 Å². The number of nitrogens with zero attached hydrogens (tertiary/aromatic N) is 4. The van der Waals surface area contributed by atoms with Crippen LogP contribution < -0.4 is 10.1 Å². The van der Waals surface area contributed by atoms with Crippen molar-refractivity contribution in [2.24, 2.45) is 0 Å². The highest BCUT2D eigenvalue weighted by Crippen LogP contribution is 2.25. The van der Waals surface area contributed by atoms with Crippen molar-refractivity contribution >= 4 is 34.2 Å². The minimum atomic E-state index is -0.201. The van der Waals surface area contributed by atoms with Gasteiger partial charge < -0.3 is 10.1 Å². The van der Waals surface area contributed by atoms with Gasteiger partial charge in [0.2, 0.25) is 5.88 Å². The lowest BCUT2D eigenvalue weighted by Crippen LogP contribution is -2.20. The Morgan fingerprint density at radius 3 is 2.67 bits per heavy atom. The first-order chi connectivity index (χ1) is 16.2. The highest BCUT2D eigenvalue weighted by molar-refractivity contribution is 7.06. The van der Waals surface area contributed by atoms with Gasteiger partial charge in [-0.05, 0) is 62.3 Å². The molecule has 1 aromatic carbocycles. The molecule has 4 aromatic rings. The topological polar surface area (TPSA) is 89.9 Å². The Morgan fingerprint density at radius 1 is 1.06 bits per heavy atom. The number of hydrogen-bond acceptors (Lipinski definition) is 7. The monoisotopic (exact) mass is 459 g/mol. The van der Waals surface area contributed by atoms with Crippen LogP contribution in [-0.2, 0) is 6.42 Å². The summed E-state index contributed by atoms with van der Waals surface area (Å²) in [5.41, 5.74) is 4.39. The lowest BCUT2D eigenvalue weighted by molar-refractivity contribution is 0.102. The fraction of sp³-hybridized carbons (Fsp3) is 0.320. The highest BCUT2D eigenvalue weighted by atomic mass is 32.1. The van der Waals surface area contributed by atoms with Gasteiger partial charge in [-0.2, -0.15) is 4.37 Å². The standard InChI is InChI=1S/C25H25N5O2S/c1-16-24(22(33-30-16)13-18-15-26-20-9-5-6-10-21(20)28-18)25(31)29-17-11-12-23(27-14-17)32-19-7-3-2-4-8-19/h5-6,9-12,14-15,19H,2-4,7-8,13H2,1H3,(H,29,31). The number of fused-ring (bicyclic) bond motifs is 1. The van der Waals surface area contributed by atoms with Gasteiger partial charge in [-0.15, -0.1) is 0 Å². The lowest BCUT2D eigenvalue weighted by Gasteiger charge is -2.22. The molecule has 1 aliphatic carbocycles. The molecule has 33 heavy (non-hydrogen) atoms. The van der Waals surface area contributed by atoms with Crippen LogP contribution in [0.3, 0.4) is 0 Å². The van der Waals surface area contributed by atoms with E-state index < -0.39 is 0 Å². The third kappa shape index (κ3) is 5.01.